The smallest absolute Gasteiger partial charge is 0.220 e. The van der Waals surface area contributed by atoms with Gasteiger partial charge >= 0.3 is 0 Å². The fraction of sp³-hybridized carbons (Fsp3) is 0.478. The van der Waals surface area contributed by atoms with Crippen molar-refractivity contribution in [2.24, 2.45) is 0 Å². The number of ether oxygens (including phenoxy) is 2. The molecule has 1 saturated heterocycles. The van der Waals surface area contributed by atoms with Gasteiger partial charge in [-0.3, -0.25) is 9.69 Å². The Balaban J connectivity index is 1.82. The third-order valence-electron chi connectivity index (χ3n) is 5.00. The van der Waals surface area contributed by atoms with Gasteiger partial charge in [0.15, 0.2) is 0 Å². The predicted molar refractivity (Wildman–Crippen MR) is 126 cm³/mol. The number of methoxy groups -OCH3 is 1. The molecule has 0 spiro atoms. The molecule has 2 heterocycles. The van der Waals surface area contributed by atoms with Crippen LogP contribution in [-0.4, -0.2) is 47.8 Å². The summed E-state index contributed by atoms with van der Waals surface area (Å²) >= 11 is 9.91. The van der Waals surface area contributed by atoms with E-state index in [0.717, 1.165) is 27.7 Å². The molecule has 0 radical (unpaired) electrons. The lowest BCUT2D eigenvalue weighted by Gasteiger charge is -2.29. The van der Waals surface area contributed by atoms with Crippen LogP contribution in [0.25, 0.3) is 11.3 Å². The van der Waals surface area contributed by atoms with E-state index in [0.29, 0.717) is 37.1 Å². The fourth-order valence-electron chi connectivity index (χ4n) is 3.43. The number of amides is 1. The largest absolute Gasteiger partial charge is 0.481 e. The van der Waals surface area contributed by atoms with Crippen LogP contribution in [0.4, 0.5) is 0 Å². The normalized spacial score (nSPS) is 16.6. The molecule has 1 N–H and O–H groups in total. The Labute approximate surface area is 197 Å². The van der Waals surface area contributed by atoms with Gasteiger partial charge in [0, 0.05) is 41.2 Å². The van der Waals surface area contributed by atoms with Crippen molar-refractivity contribution in [3.63, 3.8) is 0 Å². The molecule has 8 heteroatoms. The van der Waals surface area contributed by atoms with E-state index in [1.165, 1.54) is 0 Å². The first-order valence-electron chi connectivity index (χ1n) is 10.3. The summed E-state index contributed by atoms with van der Waals surface area (Å²) in [5.74, 6) is 0.654. The van der Waals surface area contributed by atoms with Gasteiger partial charge in [0.2, 0.25) is 11.8 Å². The van der Waals surface area contributed by atoms with Crippen LogP contribution in [0.5, 0.6) is 5.88 Å². The summed E-state index contributed by atoms with van der Waals surface area (Å²) in [6.07, 6.45) is 1.41. The minimum absolute atomic E-state index is 0.108. The average Bonchev–Trinajstić information content (AvgIpc) is 3.12. The highest BCUT2D eigenvalue weighted by Crippen LogP contribution is 2.34. The van der Waals surface area contributed by atoms with Gasteiger partial charge in [-0.15, -0.1) is 0 Å². The lowest BCUT2D eigenvalue weighted by atomic mass is 10.1. The van der Waals surface area contributed by atoms with Gasteiger partial charge in [0.1, 0.15) is 6.73 Å². The zero-order valence-electron chi connectivity index (χ0n) is 18.4. The van der Waals surface area contributed by atoms with E-state index in [1.807, 2.05) is 51.1 Å². The maximum Gasteiger partial charge on any atom is 0.220 e. The van der Waals surface area contributed by atoms with Gasteiger partial charge in [-0.05, 0) is 55.3 Å². The molecule has 1 fully saturated rings. The molecule has 3 rings (SSSR count). The Morgan fingerprint density at radius 3 is 2.71 bits per heavy atom. The van der Waals surface area contributed by atoms with Crippen molar-refractivity contribution in [3.8, 4) is 17.1 Å². The second kappa shape index (κ2) is 10.3. The third kappa shape index (κ3) is 6.65. The highest BCUT2D eigenvalue weighted by atomic mass is 79.9. The molecule has 1 amide bonds. The number of nitrogens with zero attached hydrogens (tertiary/aromatic N) is 2. The molecule has 0 unspecified atom stereocenters. The summed E-state index contributed by atoms with van der Waals surface area (Å²) in [5.41, 5.74) is 2.26. The number of carbonyl (C=O) groups excluding carboxylic acids is 1. The molecule has 0 aliphatic carbocycles. The molecule has 1 aromatic carbocycles. The number of pyridine rings is 1. The first-order valence-corrected chi connectivity index (χ1v) is 11.5. The SMILES string of the molecule is COc1nc(-c2cccc(Br)c2Cl)ccc1CN(COC(C)(C)C)C[C@@H]1CCC(=O)N1. The number of hydrogen-bond acceptors (Lipinski definition) is 5. The maximum atomic E-state index is 11.6. The van der Waals surface area contributed by atoms with Crippen LogP contribution < -0.4 is 10.1 Å². The van der Waals surface area contributed by atoms with Gasteiger partial charge in [-0.2, -0.15) is 0 Å². The highest BCUT2D eigenvalue weighted by Gasteiger charge is 2.25. The van der Waals surface area contributed by atoms with Gasteiger partial charge in [-0.1, -0.05) is 29.8 Å². The van der Waals surface area contributed by atoms with Crippen LogP contribution in [-0.2, 0) is 16.1 Å². The Kier molecular flexibility index (Phi) is 7.97. The Bertz CT molecular complexity index is 933. The number of hydrogen-bond donors (Lipinski definition) is 1. The van der Waals surface area contributed by atoms with Crippen molar-refractivity contribution in [1.82, 2.24) is 15.2 Å². The van der Waals surface area contributed by atoms with Crippen molar-refractivity contribution in [2.75, 3.05) is 20.4 Å². The topological polar surface area (TPSA) is 63.7 Å². The zero-order valence-corrected chi connectivity index (χ0v) is 20.7. The first kappa shape index (κ1) is 24.0. The number of carbonyl (C=O) groups is 1. The summed E-state index contributed by atoms with van der Waals surface area (Å²) in [6.45, 7) is 7.82. The molecule has 1 atom stereocenters. The molecule has 6 nitrogen and oxygen atoms in total. The van der Waals surface area contributed by atoms with Gasteiger partial charge in [-0.25, -0.2) is 4.98 Å². The van der Waals surface area contributed by atoms with Crippen molar-refractivity contribution >= 4 is 33.4 Å². The molecule has 0 saturated carbocycles. The standard InChI is InChI=1S/C23H29BrClN3O3/c1-23(2,3)31-14-28(13-16-9-11-20(29)26-16)12-15-8-10-19(27-22(15)30-4)17-6-5-7-18(24)21(17)25/h5-8,10,16H,9,11-14H2,1-4H3,(H,26,29)/t16-/m0/s1. The maximum absolute atomic E-state index is 11.6. The van der Waals surface area contributed by atoms with E-state index >= 15 is 0 Å². The Hall–Kier alpha value is -1.67. The second-order valence-corrected chi connectivity index (χ2v) is 9.90. The number of nitrogens with one attached hydrogen (secondary N) is 1. The fourth-order valence-corrected chi connectivity index (χ4v) is 4.02. The van der Waals surface area contributed by atoms with Crippen molar-refractivity contribution in [2.45, 2.75) is 51.8 Å². The van der Waals surface area contributed by atoms with E-state index in [4.69, 9.17) is 26.1 Å². The molecule has 1 aliphatic rings. The molecule has 1 aliphatic heterocycles. The molecular weight excluding hydrogens is 482 g/mol. The van der Waals surface area contributed by atoms with Crippen molar-refractivity contribution < 1.29 is 14.3 Å². The number of halogens is 2. The van der Waals surface area contributed by atoms with E-state index in [1.54, 1.807) is 7.11 Å². The van der Waals surface area contributed by atoms with Crippen LogP contribution in [0.1, 0.15) is 39.2 Å². The van der Waals surface area contributed by atoms with Crippen LogP contribution >= 0.6 is 27.5 Å². The number of aromatic nitrogens is 1. The van der Waals surface area contributed by atoms with Gasteiger partial charge in [0.25, 0.3) is 0 Å². The number of rotatable bonds is 8. The monoisotopic (exact) mass is 509 g/mol. The summed E-state index contributed by atoms with van der Waals surface area (Å²) in [5, 5.41) is 3.65. The molecular formula is C23H29BrClN3O3. The van der Waals surface area contributed by atoms with E-state index < -0.39 is 0 Å². The Morgan fingerprint density at radius 2 is 2.06 bits per heavy atom. The Morgan fingerprint density at radius 1 is 1.29 bits per heavy atom. The average molecular weight is 511 g/mol. The summed E-state index contributed by atoms with van der Waals surface area (Å²) in [4.78, 5) is 18.5. The van der Waals surface area contributed by atoms with E-state index in [9.17, 15) is 4.79 Å². The molecule has 2 aromatic rings. The van der Waals surface area contributed by atoms with Crippen molar-refractivity contribution in [1.29, 1.82) is 0 Å². The highest BCUT2D eigenvalue weighted by molar-refractivity contribution is 9.10. The molecule has 31 heavy (non-hydrogen) atoms. The third-order valence-corrected chi connectivity index (χ3v) is 6.29. The quantitative estimate of drug-likeness (QED) is 0.505. The van der Waals surface area contributed by atoms with Crippen LogP contribution in [0.3, 0.4) is 0 Å². The van der Waals surface area contributed by atoms with Crippen LogP contribution in [0.2, 0.25) is 5.02 Å². The lowest BCUT2D eigenvalue weighted by Crippen LogP contribution is -2.41. The van der Waals surface area contributed by atoms with Gasteiger partial charge < -0.3 is 14.8 Å². The minimum atomic E-state index is -0.263. The molecule has 168 valence electrons. The zero-order chi connectivity index (χ0) is 22.6. The minimum Gasteiger partial charge on any atom is -0.481 e. The summed E-state index contributed by atoms with van der Waals surface area (Å²) < 4.78 is 12.5. The van der Waals surface area contributed by atoms with E-state index in [-0.39, 0.29) is 17.6 Å². The lowest BCUT2D eigenvalue weighted by molar-refractivity contribution is -0.119. The second-order valence-electron chi connectivity index (χ2n) is 8.67. The van der Waals surface area contributed by atoms with Crippen molar-refractivity contribution in [3.05, 3.63) is 45.4 Å². The predicted octanol–water partition coefficient (Wildman–Crippen LogP) is 5.03. The molecule has 0 bridgehead atoms. The summed E-state index contributed by atoms with van der Waals surface area (Å²) in [7, 11) is 1.62. The van der Waals surface area contributed by atoms with Crippen LogP contribution in [0, 0.1) is 0 Å². The number of benzene rings is 1. The van der Waals surface area contributed by atoms with Gasteiger partial charge in [0.05, 0.1) is 23.4 Å². The first-order chi connectivity index (χ1) is 14.7. The van der Waals surface area contributed by atoms with E-state index in [2.05, 4.69) is 26.1 Å². The van der Waals surface area contributed by atoms with Crippen LogP contribution in [0.15, 0.2) is 34.8 Å². The molecule has 1 aromatic heterocycles. The summed E-state index contributed by atoms with van der Waals surface area (Å²) in [6, 6.07) is 9.83.